The fourth-order valence-electron chi connectivity index (χ4n) is 2.13. The number of hydrogen-bond donors (Lipinski definition) is 2. The van der Waals surface area contributed by atoms with Crippen molar-refractivity contribution in [3.05, 3.63) is 54.1 Å². The van der Waals surface area contributed by atoms with Gasteiger partial charge in [0.25, 0.3) is 0 Å². The average Bonchev–Trinajstić information content (AvgIpc) is 2.58. The summed E-state index contributed by atoms with van der Waals surface area (Å²) in [7, 11) is 0. The lowest BCUT2D eigenvalue weighted by Crippen LogP contribution is -2.30. The van der Waals surface area contributed by atoms with E-state index >= 15 is 0 Å². The Bertz CT molecular complexity index is 664. The standard InChI is InChI=1S/C18H20F2N2O2S/c1-2-23-15-9-5-14(6-10-15)22-18(25)21-12-11-13-3-7-16(8-4-13)24-17(19)20/h3-10,17H,2,11-12H2,1H3,(H2,21,22,25). The highest BCUT2D eigenvalue weighted by molar-refractivity contribution is 7.80. The van der Waals surface area contributed by atoms with Gasteiger partial charge in [0.05, 0.1) is 6.61 Å². The SMILES string of the molecule is CCOc1ccc(NC(=S)NCCc2ccc(OC(F)F)cc2)cc1. The molecule has 0 aliphatic rings. The summed E-state index contributed by atoms with van der Waals surface area (Å²) in [4.78, 5) is 0. The van der Waals surface area contributed by atoms with Crippen molar-refractivity contribution in [1.29, 1.82) is 0 Å². The van der Waals surface area contributed by atoms with E-state index in [0.29, 0.717) is 24.7 Å². The summed E-state index contributed by atoms with van der Waals surface area (Å²) < 4.78 is 33.9. The Labute approximate surface area is 151 Å². The fourth-order valence-corrected chi connectivity index (χ4v) is 2.35. The lowest BCUT2D eigenvalue weighted by molar-refractivity contribution is -0.0498. The molecule has 25 heavy (non-hydrogen) atoms. The zero-order chi connectivity index (χ0) is 18.1. The van der Waals surface area contributed by atoms with Crippen LogP contribution in [0.15, 0.2) is 48.5 Å². The number of thiocarbonyl (C=S) groups is 1. The van der Waals surface area contributed by atoms with Crippen LogP contribution in [0.2, 0.25) is 0 Å². The maximum absolute atomic E-state index is 12.1. The van der Waals surface area contributed by atoms with Crippen molar-refractivity contribution in [3.63, 3.8) is 0 Å². The van der Waals surface area contributed by atoms with Gasteiger partial charge in [-0.05, 0) is 67.5 Å². The van der Waals surface area contributed by atoms with Crippen LogP contribution in [0.3, 0.4) is 0 Å². The van der Waals surface area contributed by atoms with Crippen molar-refractivity contribution in [3.8, 4) is 11.5 Å². The maximum atomic E-state index is 12.1. The van der Waals surface area contributed by atoms with Crippen LogP contribution in [-0.4, -0.2) is 24.9 Å². The second kappa shape index (κ2) is 9.78. The van der Waals surface area contributed by atoms with Gasteiger partial charge in [-0.1, -0.05) is 12.1 Å². The summed E-state index contributed by atoms with van der Waals surface area (Å²) in [5.74, 6) is 0.964. The summed E-state index contributed by atoms with van der Waals surface area (Å²) >= 11 is 5.25. The first-order valence-electron chi connectivity index (χ1n) is 7.88. The van der Waals surface area contributed by atoms with E-state index in [0.717, 1.165) is 17.0 Å². The minimum atomic E-state index is -2.81. The molecule has 0 bridgehead atoms. The van der Waals surface area contributed by atoms with E-state index in [-0.39, 0.29) is 5.75 Å². The smallest absolute Gasteiger partial charge is 0.387 e. The second-order valence-electron chi connectivity index (χ2n) is 5.11. The van der Waals surface area contributed by atoms with Gasteiger partial charge in [-0.25, -0.2) is 0 Å². The predicted molar refractivity (Wildman–Crippen MR) is 98.6 cm³/mol. The third-order valence-electron chi connectivity index (χ3n) is 3.27. The molecule has 0 unspecified atom stereocenters. The third kappa shape index (κ3) is 6.93. The lowest BCUT2D eigenvalue weighted by Gasteiger charge is -2.11. The van der Waals surface area contributed by atoms with Gasteiger partial charge in [0, 0.05) is 12.2 Å². The van der Waals surface area contributed by atoms with Gasteiger partial charge < -0.3 is 20.1 Å². The van der Waals surface area contributed by atoms with Crippen molar-refractivity contribution >= 4 is 23.0 Å². The summed E-state index contributed by atoms with van der Waals surface area (Å²) in [6.07, 6.45) is 0.708. The molecule has 2 aromatic rings. The van der Waals surface area contributed by atoms with Crippen LogP contribution in [0, 0.1) is 0 Å². The van der Waals surface area contributed by atoms with Crippen molar-refractivity contribution in [2.24, 2.45) is 0 Å². The van der Waals surface area contributed by atoms with Gasteiger partial charge in [0.1, 0.15) is 11.5 Å². The Morgan fingerprint density at radius 2 is 1.68 bits per heavy atom. The molecule has 0 atom stereocenters. The monoisotopic (exact) mass is 366 g/mol. The molecule has 134 valence electrons. The lowest BCUT2D eigenvalue weighted by atomic mass is 10.1. The minimum absolute atomic E-state index is 0.152. The molecule has 4 nitrogen and oxygen atoms in total. The van der Waals surface area contributed by atoms with Crippen LogP contribution in [0.5, 0.6) is 11.5 Å². The van der Waals surface area contributed by atoms with E-state index in [9.17, 15) is 8.78 Å². The van der Waals surface area contributed by atoms with Crippen LogP contribution < -0.4 is 20.1 Å². The molecule has 2 N–H and O–H groups in total. The largest absolute Gasteiger partial charge is 0.494 e. The molecule has 0 fully saturated rings. The average molecular weight is 366 g/mol. The topological polar surface area (TPSA) is 42.5 Å². The fraction of sp³-hybridized carbons (Fsp3) is 0.278. The van der Waals surface area contributed by atoms with Crippen LogP contribution in [0.4, 0.5) is 14.5 Å². The van der Waals surface area contributed by atoms with Crippen LogP contribution in [-0.2, 0) is 6.42 Å². The van der Waals surface area contributed by atoms with Crippen LogP contribution in [0.1, 0.15) is 12.5 Å². The van der Waals surface area contributed by atoms with Gasteiger partial charge >= 0.3 is 6.61 Å². The molecule has 7 heteroatoms. The Balaban J connectivity index is 1.72. The number of anilines is 1. The molecule has 2 rings (SSSR count). The summed E-state index contributed by atoms with van der Waals surface area (Å²) in [6.45, 7) is 0.378. The molecule has 0 aromatic heterocycles. The van der Waals surface area contributed by atoms with E-state index in [1.54, 1.807) is 12.1 Å². The second-order valence-corrected chi connectivity index (χ2v) is 5.52. The van der Waals surface area contributed by atoms with Crippen molar-refractivity contribution in [2.75, 3.05) is 18.5 Å². The van der Waals surface area contributed by atoms with Gasteiger partial charge in [0.2, 0.25) is 0 Å². The number of hydrogen-bond acceptors (Lipinski definition) is 3. The molecule has 0 heterocycles. The highest BCUT2D eigenvalue weighted by Gasteiger charge is 2.04. The Kier molecular flexibility index (Phi) is 7.40. The number of rotatable bonds is 8. The van der Waals surface area contributed by atoms with E-state index in [1.165, 1.54) is 12.1 Å². The molecule has 0 aliphatic heterocycles. The maximum Gasteiger partial charge on any atom is 0.387 e. The van der Waals surface area contributed by atoms with E-state index < -0.39 is 6.61 Å². The van der Waals surface area contributed by atoms with Gasteiger partial charge in [-0.2, -0.15) is 8.78 Å². The quantitative estimate of drug-likeness (QED) is 0.685. The molecule has 0 saturated heterocycles. The van der Waals surface area contributed by atoms with E-state index in [2.05, 4.69) is 15.4 Å². The molecular formula is C18H20F2N2O2S. The normalized spacial score (nSPS) is 10.4. The highest BCUT2D eigenvalue weighted by Crippen LogP contribution is 2.16. The summed E-state index contributed by atoms with van der Waals surface area (Å²) in [6, 6.07) is 14.1. The Morgan fingerprint density at radius 3 is 2.28 bits per heavy atom. The highest BCUT2D eigenvalue weighted by atomic mass is 32.1. The third-order valence-corrected chi connectivity index (χ3v) is 3.52. The molecule has 2 aromatic carbocycles. The van der Waals surface area contributed by atoms with Gasteiger partial charge in [-0.15, -0.1) is 0 Å². The zero-order valence-corrected chi connectivity index (χ0v) is 14.6. The molecule has 0 saturated carbocycles. The predicted octanol–water partition coefficient (Wildman–Crippen LogP) is 4.22. The van der Waals surface area contributed by atoms with Gasteiger partial charge in [-0.3, -0.25) is 0 Å². The first kappa shape index (κ1) is 18.9. The van der Waals surface area contributed by atoms with E-state index in [1.807, 2.05) is 31.2 Å². The molecular weight excluding hydrogens is 346 g/mol. The number of alkyl halides is 2. The first-order chi connectivity index (χ1) is 12.1. The molecule has 0 spiro atoms. The number of benzene rings is 2. The number of halogens is 2. The number of nitrogens with one attached hydrogen (secondary N) is 2. The Hall–Kier alpha value is -2.41. The summed E-state index contributed by atoms with van der Waals surface area (Å²) in [5, 5.41) is 6.71. The van der Waals surface area contributed by atoms with E-state index in [4.69, 9.17) is 17.0 Å². The van der Waals surface area contributed by atoms with Crippen molar-refractivity contribution in [2.45, 2.75) is 20.0 Å². The molecule has 0 aliphatic carbocycles. The van der Waals surface area contributed by atoms with Crippen molar-refractivity contribution in [1.82, 2.24) is 5.32 Å². The molecule has 0 amide bonds. The zero-order valence-electron chi connectivity index (χ0n) is 13.8. The Morgan fingerprint density at radius 1 is 1.04 bits per heavy atom. The first-order valence-corrected chi connectivity index (χ1v) is 8.29. The minimum Gasteiger partial charge on any atom is -0.494 e. The van der Waals surface area contributed by atoms with Gasteiger partial charge in [0.15, 0.2) is 5.11 Å². The molecule has 0 radical (unpaired) electrons. The van der Waals surface area contributed by atoms with Crippen molar-refractivity contribution < 1.29 is 18.3 Å². The summed E-state index contributed by atoms with van der Waals surface area (Å²) in [5.41, 5.74) is 1.87. The number of ether oxygens (including phenoxy) is 2. The van der Waals surface area contributed by atoms with Crippen LogP contribution in [0.25, 0.3) is 0 Å². The van der Waals surface area contributed by atoms with Crippen LogP contribution >= 0.6 is 12.2 Å².